The quantitative estimate of drug-likeness (QED) is 0.432. The van der Waals surface area contributed by atoms with Gasteiger partial charge in [-0.05, 0) is 6.20 Å². The number of rotatable bonds is 1. The fourth-order valence-electron chi connectivity index (χ4n) is 3.00. The zero-order valence-corrected chi connectivity index (χ0v) is 11.7. The Hall–Kier alpha value is -0.660. The lowest BCUT2D eigenvalue weighted by Crippen LogP contribution is -2.71. The van der Waals surface area contributed by atoms with Gasteiger partial charge in [0.2, 0.25) is 0 Å². The summed E-state index contributed by atoms with van der Waals surface area (Å²) >= 11 is 0. The summed E-state index contributed by atoms with van der Waals surface area (Å²) in [7, 11) is 0. The molecule has 0 radical (unpaired) electrons. The molecule has 5 fully saturated rings. The predicted octanol–water partition coefficient (Wildman–Crippen LogP) is -0.557. The second-order valence-corrected chi connectivity index (χ2v) is 4.26. The van der Waals surface area contributed by atoms with Crippen LogP contribution in [0.4, 0.5) is 0 Å². The number of piperazine rings is 1. The van der Waals surface area contributed by atoms with Crippen molar-refractivity contribution in [2.45, 2.75) is 64.7 Å². The molecular formula is C12H26N6. The SMILES string of the molecule is C=CN1C2NC3NC4NC3NC2NC41.CC.CC. The first-order chi connectivity index (χ1) is 8.86. The van der Waals surface area contributed by atoms with E-state index < -0.39 is 0 Å². The van der Waals surface area contributed by atoms with Crippen LogP contribution in [0.3, 0.4) is 0 Å². The maximum Gasteiger partial charge on any atom is 0.111 e. The molecule has 104 valence electrons. The Labute approximate surface area is 110 Å². The van der Waals surface area contributed by atoms with Crippen LogP contribution >= 0.6 is 0 Å². The summed E-state index contributed by atoms with van der Waals surface area (Å²) in [6.07, 6.45) is 3.79. The van der Waals surface area contributed by atoms with Crippen molar-refractivity contribution in [3.8, 4) is 0 Å². The molecule has 5 aliphatic heterocycles. The van der Waals surface area contributed by atoms with Crippen molar-refractivity contribution in [1.29, 1.82) is 0 Å². The van der Waals surface area contributed by atoms with E-state index in [4.69, 9.17) is 0 Å². The van der Waals surface area contributed by atoms with Crippen LogP contribution in [0.1, 0.15) is 27.7 Å². The smallest absolute Gasteiger partial charge is 0.111 e. The second-order valence-electron chi connectivity index (χ2n) is 4.26. The van der Waals surface area contributed by atoms with Gasteiger partial charge in [0.05, 0.1) is 24.7 Å². The third-order valence-electron chi connectivity index (χ3n) is 3.60. The largest absolute Gasteiger partial charge is 0.342 e. The fraction of sp³-hybridized carbons (Fsp3) is 0.833. The van der Waals surface area contributed by atoms with Crippen molar-refractivity contribution in [3.63, 3.8) is 0 Å². The average Bonchev–Trinajstić information content (AvgIpc) is 2.89. The molecule has 6 atom stereocenters. The van der Waals surface area contributed by atoms with Crippen molar-refractivity contribution in [2.24, 2.45) is 0 Å². The third kappa shape index (κ3) is 1.85. The van der Waals surface area contributed by atoms with E-state index in [9.17, 15) is 0 Å². The van der Waals surface area contributed by atoms with Crippen LogP contribution in [-0.4, -0.2) is 41.9 Å². The predicted molar refractivity (Wildman–Crippen MR) is 73.1 cm³/mol. The minimum atomic E-state index is 0.292. The van der Waals surface area contributed by atoms with Crippen LogP contribution in [-0.2, 0) is 0 Å². The Balaban J connectivity index is 0.000000277. The van der Waals surface area contributed by atoms with Gasteiger partial charge in [0, 0.05) is 0 Å². The summed E-state index contributed by atoms with van der Waals surface area (Å²) in [6.45, 7) is 11.9. The molecule has 18 heavy (non-hydrogen) atoms. The monoisotopic (exact) mass is 254 g/mol. The fourth-order valence-corrected chi connectivity index (χ4v) is 3.00. The van der Waals surface area contributed by atoms with E-state index in [1.165, 1.54) is 0 Å². The number of nitrogens with zero attached hydrogens (tertiary/aromatic N) is 1. The molecule has 6 unspecified atom stereocenters. The lowest BCUT2D eigenvalue weighted by Gasteiger charge is -2.39. The maximum absolute atomic E-state index is 3.86. The minimum absolute atomic E-state index is 0.292. The summed E-state index contributed by atoms with van der Waals surface area (Å²) in [4.78, 5) is 2.23. The first-order valence-electron chi connectivity index (χ1n) is 7.07. The molecule has 6 heteroatoms. The minimum Gasteiger partial charge on any atom is -0.342 e. The summed E-state index contributed by atoms with van der Waals surface area (Å²) in [6, 6.07) is 0. The Morgan fingerprint density at radius 2 is 1.11 bits per heavy atom. The van der Waals surface area contributed by atoms with E-state index in [1.54, 1.807) is 0 Å². The third-order valence-corrected chi connectivity index (χ3v) is 3.60. The molecule has 5 saturated heterocycles. The number of nitrogens with one attached hydrogen (secondary N) is 5. The first kappa shape index (κ1) is 13.8. The highest BCUT2D eigenvalue weighted by atomic mass is 15.6. The van der Waals surface area contributed by atoms with Crippen LogP contribution in [0.25, 0.3) is 0 Å². The van der Waals surface area contributed by atoms with Crippen LogP contribution in [0, 0.1) is 0 Å². The van der Waals surface area contributed by atoms with Gasteiger partial charge in [-0.3, -0.25) is 26.6 Å². The van der Waals surface area contributed by atoms with Gasteiger partial charge in [0.1, 0.15) is 12.3 Å². The van der Waals surface area contributed by atoms with Crippen LogP contribution in [0.15, 0.2) is 12.8 Å². The van der Waals surface area contributed by atoms with Gasteiger partial charge in [-0.25, -0.2) is 0 Å². The lowest BCUT2D eigenvalue weighted by molar-refractivity contribution is 0.141. The highest BCUT2D eigenvalue weighted by Crippen LogP contribution is 2.27. The van der Waals surface area contributed by atoms with Gasteiger partial charge in [-0.2, -0.15) is 0 Å². The highest BCUT2D eigenvalue weighted by molar-refractivity contribution is 5.14. The average molecular weight is 254 g/mol. The van der Waals surface area contributed by atoms with Crippen molar-refractivity contribution in [2.75, 3.05) is 0 Å². The normalized spacial score (nSPS) is 45.9. The van der Waals surface area contributed by atoms with Gasteiger partial charge in [0.15, 0.2) is 0 Å². The van der Waals surface area contributed by atoms with Crippen LogP contribution < -0.4 is 26.6 Å². The molecular weight excluding hydrogens is 228 g/mol. The highest BCUT2D eigenvalue weighted by Gasteiger charge is 2.56. The molecule has 0 spiro atoms. The molecule has 0 saturated carbocycles. The van der Waals surface area contributed by atoms with Crippen LogP contribution in [0.5, 0.6) is 0 Å². The molecule has 6 nitrogen and oxygen atoms in total. The Morgan fingerprint density at radius 1 is 0.722 bits per heavy atom. The van der Waals surface area contributed by atoms with Gasteiger partial charge >= 0.3 is 0 Å². The standard InChI is InChI=1S/C8H14N6.2C2H6/c1-2-14-7-5-9-3-4(11-5)12-8(14)6(10-3)13-7;2*1-2/h2-13H,1H2;2*1-2H3. The van der Waals surface area contributed by atoms with Gasteiger partial charge < -0.3 is 4.90 Å². The molecule has 5 aliphatic rings. The zero-order valence-electron chi connectivity index (χ0n) is 11.7. The van der Waals surface area contributed by atoms with Crippen molar-refractivity contribution >= 4 is 0 Å². The van der Waals surface area contributed by atoms with Crippen molar-refractivity contribution < 1.29 is 0 Å². The Kier molecular flexibility index (Phi) is 4.24. The topological polar surface area (TPSA) is 63.4 Å². The first-order valence-corrected chi connectivity index (χ1v) is 7.07. The van der Waals surface area contributed by atoms with E-state index in [0.717, 1.165) is 0 Å². The molecule has 0 aliphatic carbocycles. The summed E-state index contributed by atoms with van der Waals surface area (Å²) < 4.78 is 0. The molecule has 5 rings (SSSR count). The molecule has 5 N–H and O–H groups in total. The lowest BCUT2D eigenvalue weighted by atomic mass is 10.2. The number of hydrogen-bond acceptors (Lipinski definition) is 6. The molecule has 0 aromatic carbocycles. The molecule has 6 bridgehead atoms. The van der Waals surface area contributed by atoms with E-state index in [2.05, 4.69) is 38.1 Å². The van der Waals surface area contributed by atoms with Crippen molar-refractivity contribution in [3.05, 3.63) is 12.8 Å². The van der Waals surface area contributed by atoms with Crippen LogP contribution in [0.2, 0.25) is 0 Å². The summed E-state index contributed by atoms with van der Waals surface area (Å²) in [5, 5.41) is 17.6. The molecule has 0 aromatic rings. The van der Waals surface area contributed by atoms with E-state index >= 15 is 0 Å². The number of hydrogen-bond donors (Lipinski definition) is 5. The van der Waals surface area contributed by atoms with E-state index in [-0.39, 0.29) is 0 Å². The van der Waals surface area contributed by atoms with Crippen molar-refractivity contribution in [1.82, 2.24) is 31.5 Å². The Bertz CT molecular complexity index is 294. The van der Waals surface area contributed by atoms with E-state index in [1.807, 2.05) is 33.9 Å². The summed E-state index contributed by atoms with van der Waals surface area (Å²) in [5.41, 5.74) is 0. The molecule has 0 amide bonds. The zero-order chi connectivity index (χ0) is 13.3. The molecule has 0 aromatic heterocycles. The Morgan fingerprint density at radius 3 is 1.61 bits per heavy atom. The second kappa shape index (κ2) is 5.54. The van der Waals surface area contributed by atoms with Gasteiger partial charge in [0.25, 0.3) is 0 Å². The van der Waals surface area contributed by atoms with E-state index in [0.29, 0.717) is 37.0 Å². The van der Waals surface area contributed by atoms with Gasteiger partial charge in [-0.15, -0.1) is 0 Å². The molecule has 5 heterocycles. The van der Waals surface area contributed by atoms with Gasteiger partial charge in [-0.1, -0.05) is 34.3 Å². The summed E-state index contributed by atoms with van der Waals surface area (Å²) in [5.74, 6) is 0. The maximum atomic E-state index is 3.86.